The lowest BCUT2D eigenvalue weighted by Gasteiger charge is -2.39. The van der Waals surface area contributed by atoms with Crippen molar-refractivity contribution in [3.8, 4) is 0 Å². The fraction of sp³-hybridized carbons (Fsp3) is 0.143. The van der Waals surface area contributed by atoms with Gasteiger partial charge in [0.2, 0.25) is 0 Å². The molecule has 2 aromatic heterocycles. The molecule has 0 amide bonds. The van der Waals surface area contributed by atoms with Crippen LogP contribution in [0.4, 0.5) is 14.6 Å². The molecule has 1 atom stereocenters. The second kappa shape index (κ2) is 10.2. The van der Waals surface area contributed by atoms with E-state index >= 15 is 4.39 Å². The molecular weight excluding hydrogens is 560 g/mol. The largest absolute Gasteiger partial charge is 0.376 e. The van der Waals surface area contributed by atoms with E-state index < -0.39 is 11.4 Å². The molecule has 5 aromatic rings. The highest BCUT2D eigenvalue weighted by atomic mass is 32.1. The van der Waals surface area contributed by atoms with Crippen molar-refractivity contribution < 1.29 is 8.78 Å². The van der Waals surface area contributed by atoms with E-state index in [1.165, 1.54) is 12.1 Å². The number of pyridine rings is 1. The summed E-state index contributed by atoms with van der Waals surface area (Å²) in [5.41, 5.74) is 7.06. The zero-order chi connectivity index (χ0) is 29.9. The van der Waals surface area contributed by atoms with Crippen molar-refractivity contribution in [2.24, 2.45) is 4.99 Å². The third-order valence-electron chi connectivity index (χ3n) is 8.67. The first-order valence-corrected chi connectivity index (χ1v) is 14.4. The van der Waals surface area contributed by atoms with Crippen molar-refractivity contribution in [3.63, 3.8) is 0 Å². The van der Waals surface area contributed by atoms with Crippen LogP contribution >= 0.6 is 12.8 Å². The van der Waals surface area contributed by atoms with Crippen molar-refractivity contribution in [2.75, 3.05) is 13.6 Å². The zero-order valence-corrected chi connectivity index (χ0v) is 24.5. The van der Waals surface area contributed by atoms with Crippen molar-refractivity contribution in [2.45, 2.75) is 18.5 Å². The normalized spacial score (nSPS) is 17.8. The van der Waals surface area contributed by atoms with E-state index in [0.29, 0.717) is 29.0 Å². The minimum atomic E-state index is -0.562. The van der Waals surface area contributed by atoms with Gasteiger partial charge in [-0.15, -0.1) is 0 Å². The molecule has 0 N–H and O–H groups in total. The highest BCUT2D eigenvalue weighted by Gasteiger charge is 2.53. The van der Waals surface area contributed by atoms with Crippen LogP contribution in [0.1, 0.15) is 34.4 Å². The smallest absolute Gasteiger partial charge is 0.189 e. The van der Waals surface area contributed by atoms with E-state index in [1.54, 1.807) is 10.0 Å². The van der Waals surface area contributed by atoms with E-state index in [0.717, 1.165) is 46.6 Å². The summed E-state index contributed by atoms with van der Waals surface area (Å²) in [5.74, 6) is -0.862. The van der Waals surface area contributed by atoms with Gasteiger partial charge in [-0.1, -0.05) is 92.7 Å². The molecule has 43 heavy (non-hydrogen) atoms. The third kappa shape index (κ3) is 4.28. The van der Waals surface area contributed by atoms with Crippen molar-refractivity contribution in [1.29, 1.82) is 0 Å². The molecule has 8 heteroatoms. The molecule has 0 radical (unpaired) electrons. The first kappa shape index (κ1) is 27.2. The fourth-order valence-electron chi connectivity index (χ4n) is 6.45. The molecule has 1 unspecified atom stereocenters. The second-order valence-corrected chi connectivity index (χ2v) is 11.4. The van der Waals surface area contributed by atoms with Crippen molar-refractivity contribution in [3.05, 3.63) is 149 Å². The van der Waals surface area contributed by atoms with Gasteiger partial charge in [0.05, 0.1) is 29.0 Å². The predicted molar refractivity (Wildman–Crippen MR) is 171 cm³/mol. The van der Waals surface area contributed by atoms with E-state index in [4.69, 9.17) is 17.8 Å². The van der Waals surface area contributed by atoms with Crippen LogP contribution in [0.5, 0.6) is 0 Å². The van der Waals surface area contributed by atoms with Crippen LogP contribution < -0.4 is 0 Å². The average Bonchev–Trinajstić information content (AvgIpc) is 3.57. The maximum Gasteiger partial charge on any atom is 0.189 e. The molecule has 2 aliphatic heterocycles. The number of benzene rings is 3. The van der Waals surface area contributed by atoms with Gasteiger partial charge in [0.15, 0.2) is 11.6 Å². The minimum absolute atomic E-state index is 0.00332. The van der Waals surface area contributed by atoms with Gasteiger partial charge in [0.25, 0.3) is 0 Å². The molecule has 1 saturated heterocycles. The quantitative estimate of drug-likeness (QED) is 0.169. The minimum Gasteiger partial charge on any atom is -0.376 e. The maximum atomic E-state index is 15.6. The van der Waals surface area contributed by atoms with Crippen molar-refractivity contribution >= 4 is 41.1 Å². The van der Waals surface area contributed by atoms with Gasteiger partial charge in [-0.25, -0.2) is 18.8 Å². The number of halogens is 2. The second-order valence-electron chi connectivity index (χ2n) is 11.0. The molecule has 2 aliphatic rings. The number of hydrogen-bond acceptors (Lipinski definition) is 5. The number of aromatic nitrogens is 2. The molecule has 0 aliphatic carbocycles. The van der Waals surface area contributed by atoms with E-state index in [-0.39, 0.29) is 11.6 Å². The topological polar surface area (TPSA) is 36.7 Å². The monoisotopic (exact) mass is 589 g/mol. The van der Waals surface area contributed by atoms with Crippen LogP contribution in [-0.2, 0) is 12.1 Å². The summed E-state index contributed by atoms with van der Waals surface area (Å²) in [6.45, 7) is 10.00. The highest BCUT2D eigenvalue weighted by molar-refractivity contribution is 7.78. The SMILES string of the molecule is C=C1c2cc(F)ccc2C2(CCN(C)C2=C)N1Cc1cc2nc(N=C(c3ccccc3)c3ccccc3)c(F)cc2n1S. The Morgan fingerprint density at radius 3 is 2.26 bits per heavy atom. The Kier molecular flexibility index (Phi) is 6.47. The van der Waals surface area contributed by atoms with Crippen LogP contribution in [0, 0.1) is 11.6 Å². The Bertz CT molecular complexity index is 1910. The molecule has 7 rings (SSSR count). The van der Waals surface area contributed by atoms with Crippen LogP contribution in [0.25, 0.3) is 16.7 Å². The molecule has 1 spiro atoms. The first-order valence-electron chi connectivity index (χ1n) is 14.0. The van der Waals surface area contributed by atoms with Gasteiger partial charge in [-0.3, -0.25) is 3.97 Å². The number of likely N-dealkylation sites (N-methyl/N-ethyl adjacent to an activating group) is 1. The van der Waals surface area contributed by atoms with E-state index in [1.807, 2.05) is 79.8 Å². The Hall–Kier alpha value is -4.69. The highest BCUT2D eigenvalue weighted by Crippen LogP contribution is 2.55. The molecule has 214 valence electrons. The third-order valence-corrected chi connectivity index (χ3v) is 9.15. The molecule has 0 bridgehead atoms. The van der Waals surface area contributed by atoms with Gasteiger partial charge in [0.1, 0.15) is 11.4 Å². The Labute approximate surface area is 254 Å². The summed E-state index contributed by atoms with van der Waals surface area (Å²) in [6.07, 6.45) is 0.778. The standard InChI is InChI=1S/C35H29F2N5S/c1-22-28-18-26(36)14-15-29(28)35(16-17-40(3)23(35)2)41(22)21-27-19-31-32(42(27)43)20-30(37)34(38-31)39-33(24-10-6-4-7-11-24)25-12-8-5-9-13-25/h4-15,18-20,43H,1-2,16-17,21H2,3H3. The summed E-state index contributed by atoms with van der Waals surface area (Å²) in [6, 6.07) is 27.6. The summed E-state index contributed by atoms with van der Waals surface area (Å²) >= 11 is 4.76. The fourth-order valence-corrected chi connectivity index (χ4v) is 6.73. The van der Waals surface area contributed by atoms with E-state index in [9.17, 15) is 4.39 Å². The van der Waals surface area contributed by atoms with Crippen LogP contribution in [0.15, 0.2) is 115 Å². The number of rotatable bonds is 5. The summed E-state index contributed by atoms with van der Waals surface area (Å²) in [4.78, 5) is 13.7. The predicted octanol–water partition coefficient (Wildman–Crippen LogP) is 7.71. The number of aliphatic imine (C=N–C) groups is 1. The van der Waals surface area contributed by atoms with Crippen LogP contribution in [0.3, 0.4) is 0 Å². The lowest BCUT2D eigenvalue weighted by Crippen LogP contribution is -2.40. The lowest BCUT2D eigenvalue weighted by atomic mass is 9.86. The van der Waals surface area contributed by atoms with Crippen LogP contribution in [0.2, 0.25) is 0 Å². The molecular formula is C35H29F2N5S. The van der Waals surface area contributed by atoms with E-state index in [2.05, 4.69) is 27.9 Å². The van der Waals surface area contributed by atoms with Gasteiger partial charge < -0.3 is 9.80 Å². The number of nitrogens with zero attached hydrogens (tertiary/aromatic N) is 5. The van der Waals surface area contributed by atoms with Gasteiger partial charge >= 0.3 is 0 Å². The maximum absolute atomic E-state index is 15.6. The lowest BCUT2D eigenvalue weighted by molar-refractivity contribution is 0.209. The van der Waals surface area contributed by atoms with Gasteiger partial charge in [-0.05, 0) is 30.2 Å². The zero-order valence-electron chi connectivity index (χ0n) is 23.6. The van der Waals surface area contributed by atoms with Crippen molar-refractivity contribution in [1.82, 2.24) is 18.8 Å². The molecule has 5 nitrogen and oxygen atoms in total. The van der Waals surface area contributed by atoms with Gasteiger partial charge in [-0.2, -0.15) is 0 Å². The molecule has 3 aromatic carbocycles. The number of likely N-dealkylation sites (tertiary alicyclic amines) is 1. The number of thiol groups is 1. The van der Waals surface area contributed by atoms with Crippen LogP contribution in [-0.4, -0.2) is 38.1 Å². The summed E-state index contributed by atoms with van der Waals surface area (Å²) < 4.78 is 31.6. The Morgan fingerprint density at radius 1 is 0.953 bits per heavy atom. The molecule has 4 heterocycles. The average molecular weight is 590 g/mol. The number of hydrogen-bond donors (Lipinski definition) is 1. The number of fused-ring (bicyclic) bond motifs is 3. The Balaban J connectivity index is 1.31. The summed E-state index contributed by atoms with van der Waals surface area (Å²) in [7, 11) is 2.02. The van der Waals surface area contributed by atoms with Gasteiger partial charge in [0, 0.05) is 47.7 Å². The molecule has 1 fully saturated rings. The summed E-state index contributed by atoms with van der Waals surface area (Å²) in [5, 5.41) is 0. The molecule has 0 saturated carbocycles. The Morgan fingerprint density at radius 2 is 1.63 bits per heavy atom. The first-order chi connectivity index (χ1) is 20.8.